The molecule has 0 spiro atoms. The highest BCUT2D eigenvalue weighted by Crippen LogP contribution is 2.26. The Morgan fingerprint density at radius 1 is 0.875 bits per heavy atom. The Bertz CT molecular complexity index is 1680. The lowest BCUT2D eigenvalue weighted by molar-refractivity contribution is 0.185. The fourth-order valence-electron chi connectivity index (χ4n) is 4.72. The van der Waals surface area contributed by atoms with Crippen molar-refractivity contribution >= 4 is 22.6 Å². The van der Waals surface area contributed by atoms with Crippen LogP contribution in [0.1, 0.15) is 49.7 Å². The van der Waals surface area contributed by atoms with Gasteiger partial charge in [-0.25, -0.2) is 14.2 Å². The lowest BCUT2D eigenvalue weighted by Gasteiger charge is -2.31. The highest BCUT2D eigenvalue weighted by molar-refractivity contribution is 5.89. The second kappa shape index (κ2) is 11.5. The molecule has 6 nitrogen and oxygen atoms in total. The molecule has 0 fully saturated rings. The molecule has 2 amide bonds. The van der Waals surface area contributed by atoms with E-state index in [9.17, 15) is 14.0 Å². The summed E-state index contributed by atoms with van der Waals surface area (Å²) in [6, 6.07) is 29.3. The molecule has 7 heteroatoms. The molecule has 1 N–H and O–H groups in total. The maximum Gasteiger partial charge on any atom is 0.322 e. The first-order chi connectivity index (χ1) is 19.3. The van der Waals surface area contributed by atoms with Gasteiger partial charge in [0.25, 0.3) is 5.56 Å². The standard InChI is InChI=1S/C33H31FN4O2/c1-22(2)25-13-17-27(18-14-25)35-33(40)37(21-24-9-5-4-6-10-24)23(3)31-36-30-12-8-7-11-29(30)32(39)38(31)28-19-15-26(34)16-20-28/h4-20,22-23H,21H2,1-3H3,(H,35,40). The molecule has 0 aliphatic heterocycles. The summed E-state index contributed by atoms with van der Waals surface area (Å²) in [4.78, 5) is 34.1. The molecule has 202 valence electrons. The predicted octanol–water partition coefficient (Wildman–Crippen LogP) is 7.44. The first-order valence-electron chi connectivity index (χ1n) is 13.3. The zero-order chi connectivity index (χ0) is 28.2. The lowest BCUT2D eigenvalue weighted by Crippen LogP contribution is -2.39. The quantitative estimate of drug-likeness (QED) is 0.236. The monoisotopic (exact) mass is 534 g/mol. The second-order valence-electron chi connectivity index (χ2n) is 10.1. The van der Waals surface area contributed by atoms with E-state index in [2.05, 4.69) is 19.2 Å². The zero-order valence-electron chi connectivity index (χ0n) is 22.7. The van der Waals surface area contributed by atoms with Crippen LogP contribution in [0.25, 0.3) is 16.6 Å². The number of anilines is 1. The number of rotatable bonds is 7. The normalized spacial score (nSPS) is 11.9. The average Bonchev–Trinajstić information content (AvgIpc) is 2.97. The minimum Gasteiger partial charge on any atom is -0.310 e. The molecule has 4 aromatic carbocycles. The van der Waals surface area contributed by atoms with E-state index in [0.717, 1.165) is 5.56 Å². The van der Waals surface area contributed by atoms with Crippen molar-refractivity contribution in [1.29, 1.82) is 0 Å². The third kappa shape index (κ3) is 5.64. The number of hydrogen-bond acceptors (Lipinski definition) is 3. The van der Waals surface area contributed by atoms with E-state index < -0.39 is 11.9 Å². The van der Waals surface area contributed by atoms with Gasteiger partial charge in [0, 0.05) is 12.2 Å². The third-order valence-electron chi connectivity index (χ3n) is 7.01. The molecule has 1 unspecified atom stereocenters. The zero-order valence-corrected chi connectivity index (χ0v) is 22.7. The minimum atomic E-state index is -0.627. The predicted molar refractivity (Wildman–Crippen MR) is 157 cm³/mol. The fraction of sp³-hybridized carbons (Fsp3) is 0.182. The highest BCUT2D eigenvalue weighted by Gasteiger charge is 2.27. The van der Waals surface area contributed by atoms with E-state index in [-0.39, 0.29) is 18.1 Å². The Labute approximate surface area is 232 Å². The summed E-state index contributed by atoms with van der Waals surface area (Å²) in [6.45, 7) is 6.37. The number of benzene rings is 4. The molecular formula is C33H31FN4O2. The molecule has 1 atom stereocenters. The smallest absolute Gasteiger partial charge is 0.310 e. The van der Waals surface area contributed by atoms with Crippen molar-refractivity contribution in [3.8, 4) is 5.69 Å². The van der Waals surface area contributed by atoms with E-state index in [4.69, 9.17) is 4.98 Å². The van der Waals surface area contributed by atoms with Gasteiger partial charge in [-0.2, -0.15) is 0 Å². The lowest BCUT2D eigenvalue weighted by atomic mass is 10.0. The first-order valence-corrected chi connectivity index (χ1v) is 13.3. The number of carbonyl (C=O) groups excluding carboxylic acids is 1. The summed E-state index contributed by atoms with van der Waals surface area (Å²) < 4.78 is 15.3. The first kappa shape index (κ1) is 26.8. The molecule has 5 rings (SSSR count). The Balaban J connectivity index is 1.60. The Morgan fingerprint density at radius 3 is 2.20 bits per heavy atom. The van der Waals surface area contributed by atoms with Crippen LogP contribution in [0.3, 0.4) is 0 Å². The van der Waals surface area contributed by atoms with Crippen LogP contribution in [0.4, 0.5) is 14.9 Å². The van der Waals surface area contributed by atoms with Crippen LogP contribution in [-0.2, 0) is 6.54 Å². The van der Waals surface area contributed by atoms with Gasteiger partial charge in [0.1, 0.15) is 11.6 Å². The minimum absolute atomic E-state index is 0.282. The van der Waals surface area contributed by atoms with Crippen LogP contribution in [-0.4, -0.2) is 20.5 Å². The summed E-state index contributed by atoms with van der Waals surface area (Å²) >= 11 is 0. The Kier molecular flexibility index (Phi) is 7.73. The number of nitrogens with zero attached hydrogens (tertiary/aromatic N) is 3. The van der Waals surface area contributed by atoms with Gasteiger partial charge in [0.05, 0.1) is 22.6 Å². The second-order valence-corrected chi connectivity index (χ2v) is 10.1. The fourth-order valence-corrected chi connectivity index (χ4v) is 4.72. The van der Waals surface area contributed by atoms with Gasteiger partial charge >= 0.3 is 6.03 Å². The van der Waals surface area contributed by atoms with E-state index in [1.807, 2.05) is 67.6 Å². The molecular weight excluding hydrogens is 503 g/mol. The molecule has 0 saturated carbocycles. The van der Waals surface area contributed by atoms with Gasteiger partial charge < -0.3 is 10.2 Å². The number of halogens is 1. The SMILES string of the molecule is CC(C)c1ccc(NC(=O)N(Cc2ccccc2)C(C)c2nc3ccccc3c(=O)n2-c2ccc(F)cc2)cc1. The molecule has 0 aliphatic rings. The highest BCUT2D eigenvalue weighted by atomic mass is 19.1. The number of amides is 2. The molecule has 1 heterocycles. The maximum absolute atomic E-state index is 13.8. The van der Waals surface area contributed by atoms with Crippen LogP contribution < -0.4 is 10.9 Å². The molecule has 5 aromatic rings. The molecule has 0 saturated heterocycles. The Hall–Kier alpha value is -4.78. The number of nitrogens with one attached hydrogen (secondary N) is 1. The van der Waals surface area contributed by atoms with E-state index >= 15 is 0 Å². The van der Waals surface area contributed by atoms with E-state index in [0.29, 0.717) is 34.0 Å². The van der Waals surface area contributed by atoms with Crippen molar-refractivity contribution in [2.45, 2.75) is 39.3 Å². The number of para-hydroxylation sites is 1. The van der Waals surface area contributed by atoms with Crippen LogP contribution in [0.15, 0.2) is 108 Å². The number of carbonyl (C=O) groups is 1. The van der Waals surface area contributed by atoms with Crippen molar-refractivity contribution in [2.75, 3.05) is 5.32 Å². The van der Waals surface area contributed by atoms with E-state index in [1.54, 1.807) is 35.2 Å². The number of urea groups is 1. The number of fused-ring (bicyclic) bond motifs is 1. The van der Waals surface area contributed by atoms with Crippen LogP contribution in [0.2, 0.25) is 0 Å². The van der Waals surface area contributed by atoms with Crippen LogP contribution in [0, 0.1) is 5.82 Å². The molecule has 1 aromatic heterocycles. The van der Waals surface area contributed by atoms with Gasteiger partial charge in [-0.05, 0) is 72.5 Å². The summed E-state index contributed by atoms with van der Waals surface area (Å²) in [5.41, 5.74) is 3.48. The summed E-state index contributed by atoms with van der Waals surface area (Å²) in [5, 5.41) is 3.46. The van der Waals surface area contributed by atoms with Gasteiger partial charge in [-0.3, -0.25) is 9.36 Å². The van der Waals surface area contributed by atoms with Crippen molar-refractivity contribution in [1.82, 2.24) is 14.5 Å². The molecule has 40 heavy (non-hydrogen) atoms. The van der Waals surface area contributed by atoms with Gasteiger partial charge in [0.2, 0.25) is 0 Å². The maximum atomic E-state index is 13.8. The molecule has 0 radical (unpaired) electrons. The number of aromatic nitrogens is 2. The molecule has 0 aliphatic carbocycles. The van der Waals surface area contributed by atoms with Gasteiger partial charge in [-0.1, -0.05) is 68.4 Å². The van der Waals surface area contributed by atoms with Crippen molar-refractivity contribution in [3.05, 3.63) is 136 Å². The molecule has 0 bridgehead atoms. The Morgan fingerprint density at radius 2 is 1.52 bits per heavy atom. The van der Waals surface area contributed by atoms with Crippen molar-refractivity contribution < 1.29 is 9.18 Å². The van der Waals surface area contributed by atoms with Crippen LogP contribution >= 0.6 is 0 Å². The summed E-state index contributed by atoms with van der Waals surface area (Å²) in [5.74, 6) is 0.340. The third-order valence-corrected chi connectivity index (χ3v) is 7.01. The average molecular weight is 535 g/mol. The van der Waals surface area contributed by atoms with E-state index in [1.165, 1.54) is 22.3 Å². The number of hydrogen-bond donors (Lipinski definition) is 1. The largest absolute Gasteiger partial charge is 0.322 e. The van der Waals surface area contributed by atoms with Gasteiger partial charge in [-0.15, -0.1) is 0 Å². The summed E-state index contributed by atoms with van der Waals surface area (Å²) in [7, 11) is 0. The van der Waals surface area contributed by atoms with Crippen molar-refractivity contribution in [3.63, 3.8) is 0 Å². The van der Waals surface area contributed by atoms with Crippen LogP contribution in [0.5, 0.6) is 0 Å². The topological polar surface area (TPSA) is 67.2 Å². The van der Waals surface area contributed by atoms with Gasteiger partial charge in [0.15, 0.2) is 0 Å². The summed E-state index contributed by atoms with van der Waals surface area (Å²) in [6.07, 6.45) is 0. The van der Waals surface area contributed by atoms with Crippen molar-refractivity contribution in [2.24, 2.45) is 0 Å².